The van der Waals surface area contributed by atoms with E-state index >= 15 is 0 Å². The molecule has 0 aromatic heterocycles. The second-order valence-electron chi connectivity index (χ2n) is 2.73. The summed E-state index contributed by atoms with van der Waals surface area (Å²) in [5.41, 5.74) is 4.04. The van der Waals surface area contributed by atoms with Crippen LogP contribution < -0.4 is 0 Å². The molecule has 1 aromatic rings. The van der Waals surface area contributed by atoms with E-state index < -0.39 is 0 Å². The summed E-state index contributed by atoms with van der Waals surface area (Å²) in [5.74, 6) is 0. The molecule has 0 atom stereocenters. The Morgan fingerprint density at radius 1 is 1.08 bits per heavy atom. The summed E-state index contributed by atoms with van der Waals surface area (Å²) >= 11 is 5.06. The van der Waals surface area contributed by atoms with E-state index in [0.29, 0.717) is 0 Å². The number of halogens is 2. The number of hydrogen-bond donors (Lipinski definition) is 0. The molecule has 0 aliphatic heterocycles. The molecule has 0 spiro atoms. The van der Waals surface area contributed by atoms with Crippen LogP contribution in [0.3, 0.4) is 0 Å². The van der Waals surface area contributed by atoms with E-state index in [4.69, 9.17) is 0 Å². The molecule has 1 aliphatic rings. The Hall–Kier alpha value is 1.30. The van der Waals surface area contributed by atoms with Gasteiger partial charge in [-0.05, 0) is 18.1 Å². The van der Waals surface area contributed by atoms with Crippen molar-refractivity contribution in [2.75, 3.05) is 0 Å². The maximum atomic E-state index is 2.45. The summed E-state index contributed by atoms with van der Waals surface area (Å²) in [6.45, 7) is 2.12. The van der Waals surface area contributed by atoms with Gasteiger partial charge in [0.05, 0.1) is 0 Å². The molecule has 0 unspecified atom stereocenters. The van der Waals surface area contributed by atoms with E-state index in [1.54, 1.807) is 0 Å². The minimum atomic E-state index is 0.170. The van der Waals surface area contributed by atoms with Gasteiger partial charge in [0.15, 0.2) is 0 Å². The normalized spacial score (nSPS) is 12.4. The number of fused-ring (bicyclic) bond motifs is 1. The second-order valence-corrected chi connectivity index (χ2v) is 21.7. The van der Waals surface area contributed by atoms with Crippen molar-refractivity contribution in [1.29, 1.82) is 0 Å². The first-order chi connectivity index (χ1) is 6.27. The molecule has 0 bridgehead atoms. The van der Waals surface area contributed by atoms with Gasteiger partial charge < -0.3 is 0 Å². The fraction of sp³-hybridized carbons (Fsp3) is 0.100. The van der Waals surface area contributed by atoms with Crippen molar-refractivity contribution in [3.8, 4) is 0 Å². The molecule has 0 N–H and O–H groups in total. The molecule has 0 nitrogen and oxygen atoms in total. The third-order valence-electron chi connectivity index (χ3n) is 1.76. The first-order valence-electron chi connectivity index (χ1n) is 3.86. The molecule has 2 rings (SSSR count). The van der Waals surface area contributed by atoms with Crippen molar-refractivity contribution < 1.29 is 14.9 Å². The van der Waals surface area contributed by atoms with Gasteiger partial charge in [-0.1, -0.05) is 35.9 Å². The number of benzene rings is 1. The van der Waals surface area contributed by atoms with E-state index in [2.05, 4.69) is 79.8 Å². The van der Waals surface area contributed by atoms with E-state index in [-0.39, 0.29) is 14.9 Å². The summed E-state index contributed by atoms with van der Waals surface area (Å²) in [4.78, 5) is 0. The van der Waals surface area contributed by atoms with Gasteiger partial charge in [0.25, 0.3) is 0 Å². The monoisotopic (exact) mass is 473 g/mol. The van der Waals surface area contributed by atoms with Crippen molar-refractivity contribution >= 4 is 42.2 Å². The van der Waals surface area contributed by atoms with Crippen LogP contribution in [0.4, 0.5) is 0 Å². The predicted octanol–water partition coefficient (Wildman–Crippen LogP) is 4.42. The molecule has 1 aliphatic carbocycles. The van der Waals surface area contributed by atoms with Gasteiger partial charge in [-0.2, -0.15) is 0 Å². The summed E-state index contributed by atoms with van der Waals surface area (Å²) in [6, 6.07) is 8.42. The van der Waals surface area contributed by atoms with Crippen LogP contribution in [-0.4, -0.2) is 0 Å². The maximum absolute atomic E-state index is 2.45. The Morgan fingerprint density at radius 2 is 1.62 bits per heavy atom. The van der Waals surface area contributed by atoms with Crippen molar-refractivity contribution in [3.05, 3.63) is 47.4 Å². The van der Waals surface area contributed by atoms with Crippen LogP contribution in [0.5, 0.6) is 0 Å². The van der Waals surface area contributed by atoms with E-state index in [9.17, 15) is 0 Å². The zero-order chi connectivity index (χ0) is 9.68. The zero-order valence-corrected chi connectivity index (χ0v) is 14.0. The Balaban J connectivity index is 0.000000251. The molecule has 0 saturated carbocycles. The summed E-state index contributed by atoms with van der Waals surface area (Å²) in [5, 5.41) is 0. The van der Waals surface area contributed by atoms with E-state index in [1.165, 1.54) is 16.7 Å². The second kappa shape index (κ2) is 6.73. The summed E-state index contributed by atoms with van der Waals surface area (Å²) in [7, 11) is 0. The molecule has 67 valence electrons. The Labute approximate surface area is 110 Å². The molecule has 1 aromatic carbocycles. The molecule has 0 heterocycles. The topological polar surface area (TPSA) is 0 Å². The SMILES string of the molecule is CC1=Cc2ccccc2[CH]1.[I][Zr][I]. The van der Waals surface area contributed by atoms with Gasteiger partial charge in [-0.3, -0.25) is 0 Å². The van der Waals surface area contributed by atoms with Gasteiger partial charge >= 0.3 is 50.9 Å². The molecule has 0 amide bonds. The number of allylic oxidation sites excluding steroid dienone is 1. The van der Waals surface area contributed by atoms with Crippen LogP contribution in [0.2, 0.25) is 0 Å². The van der Waals surface area contributed by atoms with Crippen LogP contribution in [-0.2, 0) is 14.9 Å². The fourth-order valence-electron chi connectivity index (χ4n) is 1.31. The quantitative estimate of drug-likeness (QED) is 0.489. The molecular weight excluding hydrogens is 465 g/mol. The first-order valence-corrected chi connectivity index (χ1v) is 18.5. The van der Waals surface area contributed by atoms with Crippen LogP contribution in [0.25, 0.3) is 6.08 Å². The molecule has 0 saturated heterocycles. The third kappa shape index (κ3) is 4.12. The van der Waals surface area contributed by atoms with Crippen molar-refractivity contribution in [2.45, 2.75) is 6.92 Å². The summed E-state index contributed by atoms with van der Waals surface area (Å²) in [6.07, 6.45) is 4.41. The van der Waals surface area contributed by atoms with Gasteiger partial charge in [0, 0.05) is 6.42 Å². The van der Waals surface area contributed by atoms with Crippen molar-refractivity contribution in [3.63, 3.8) is 0 Å². The standard InChI is InChI=1S/C10H9.2HI.Zr/c1-8-6-9-4-2-3-5-10(9)7-8;;;/h2-7H,1H3;2*1H;/q;;;+2/p-2. The fourth-order valence-corrected chi connectivity index (χ4v) is 1.31. The Bertz CT molecular complexity index is 308. The van der Waals surface area contributed by atoms with Crippen LogP contribution in [0, 0.1) is 6.42 Å². The average Bonchev–Trinajstić information content (AvgIpc) is 2.45. The molecule has 1 radical (unpaired) electrons. The zero-order valence-electron chi connectivity index (χ0n) is 7.22. The summed E-state index contributed by atoms with van der Waals surface area (Å²) < 4.78 is 0. The van der Waals surface area contributed by atoms with Gasteiger partial charge in [0.1, 0.15) is 0 Å². The average molecular weight is 474 g/mol. The molecule has 13 heavy (non-hydrogen) atoms. The van der Waals surface area contributed by atoms with Crippen LogP contribution >= 0.6 is 36.1 Å². The van der Waals surface area contributed by atoms with Crippen LogP contribution in [0.15, 0.2) is 29.8 Å². The predicted molar refractivity (Wildman–Crippen MR) is 71.5 cm³/mol. The van der Waals surface area contributed by atoms with Gasteiger partial charge in [-0.15, -0.1) is 0 Å². The van der Waals surface area contributed by atoms with Gasteiger partial charge in [0.2, 0.25) is 0 Å². The first kappa shape index (κ1) is 12.4. The van der Waals surface area contributed by atoms with E-state index in [1.807, 2.05) is 0 Å². The molecular formula is C10H9I2Zr. The van der Waals surface area contributed by atoms with E-state index in [0.717, 1.165) is 0 Å². The third-order valence-corrected chi connectivity index (χ3v) is 1.76. The number of hydrogen-bond acceptors (Lipinski definition) is 0. The van der Waals surface area contributed by atoms with Crippen molar-refractivity contribution in [1.82, 2.24) is 0 Å². The Morgan fingerprint density at radius 3 is 2.15 bits per heavy atom. The molecule has 3 heteroatoms. The molecule has 0 fully saturated rings. The van der Waals surface area contributed by atoms with Crippen molar-refractivity contribution in [2.24, 2.45) is 0 Å². The van der Waals surface area contributed by atoms with Gasteiger partial charge in [-0.25, -0.2) is 0 Å². The number of rotatable bonds is 0. The van der Waals surface area contributed by atoms with Crippen LogP contribution in [0.1, 0.15) is 18.1 Å². The minimum absolute atomic E-state index is 0.170. The Kier molecular flexibility index (Phi) is 6.40.